The predicted molar refractivity (Wildman–Crippen MR) is 162 cm³/mol. The van der Waals surface area contributed by atoms with Crippen LogP contribution in [0, 0.1) is 5.92 Å². The number of aromatic nitrogens is 4. The molecule has 11 heteroatoms. The van der Waals surface area contributed by atoms with Crippen molar-refractivity contribution >= 4 is 23.5 Å². The molecule has 0 saturated carbocycles. The number of ether oxygens (including phenoxy) is 1. The molecule has 2 saturated heterocycles. The van der Waals surface area contributed by atoms with Crippen LogP contribution >= 0.6 is 0 Å². The van der Waals surface area contributed by atoms with Crippen LogP contribution in [0.5, 0.6) is 5.75 Å². The maximum absolute atomic E-state index is 12.3. The smallest absolute Gasteiger partial charge is 0.410 e. The summed E-state index contributed by atoms with van der Waals surface area (Å²) in [5.41, 5.74) is 3.03. The standard InChI is InChI=1S/C31H40N8O3/c1-31(2,3)42-30(41)37-12-10-21(11-13-37)8-9-22-17-33-29(34-18-22)38-14-15-39-23(20-38)19-32-28-26(39)16-25(35-36-28)24-6-4-5-7-27(24)40/h4-7,16-18,21,23,40H,8-15,19-20H2,1-3H3,(H,32,36)/t23-/m1/s1. The first kappa shape index (κ1) is 28.0. The minimum Gasteiger partial charge on any atom is -0.507 e. The number of carbonyl (C=O) groups is 1. The molecule has 2 fully saturated rings. The number of hydrogen-bond donors (Lipinski definition) is 2. The number of hydrogen-bond acceptors (Lipinski definition) is 10. The average Bonchev–Trinajstić information content (AvgIpc) is 2.99. The zero-order valence-corrected chi connectivity index (χ0v) is 24.7. The van der Waals surface area contributed by atoms with Crippen molar-refractivity contribution in [2.45, 2.75) is 58.1 Å². The van der Waals surface area contributed by atoms with Gasteiger partial charge in [-0.3, -0.25) is 0 Å². The number of aryl methyl sites for hydroxylation is 1. The maximum atomic E-state index is 12.3. The third kappa shape index (κ3) is 6.19. The first-order chi connectivity index (χ1) is 20.2. The van der Waals surface area contributed by atoms with Crippen molar-refractivity contribution in [3.8, 4) is 17.0 Å². The van der Waals surface area contributed by atoms with Crippen molar-refractivity contribution in [2.75, 3.05) is 54.4 Å². The van der Waals surface area contributed by atoms with E-state index in [2.05, 4.69) is 25.3 Å². The number of nitrogens with zero attached hydrogens (tertiary/aromatic N) is 7. The Kier molecular flexibility index (Phi) is 7.74. The Morgan fingerprint density at radius 2 is 1.83 bits per heavy atom. The van der Waals surface area contributed by atoms with Crippen LogP contribution < -0.4 is 15.1 Å². The molecule has 0 spiro atoms. The average molecular weight is 573 g/mol. The fourth-order valence-electron chi connectivity index (χ4n) is 6.03. The summed E-state index contributed by atoms with van der Waals surface area (Å²) in [6.45, 7) is 10.4. The molecule has 1 atom stereocenters. The van der Waals surface area contributed by atoms with E-state index in [-0.39, 0.29) is 17.9 Å². The number of para-hydroxylation sites is 1. The molecule has 3 aliphatic rings. The highest BCUT2D eigenvalue weighted by Gasteiger charge is 2.34. The first-order valence-corrected chi connectivity index (χ1v) is 14.9. The van der Waals surface area contributed by atoms with Crippen molar-refractivity contribution in [3.05, 3.63) is 48.3 Å². The maximum Gasteiger partial charge on any atom is 0.410 e. The molecule has 3 aliphatic heterocycles. The molecule has 1 amide bonds. The van der Waals surface area contributed by atoms with Gasteiger partial charge >= 0.3 is 6.09 Å². The molecule has 6 rings (SSSR count). The van der Waals surface area contributed by atoms with Crippen LogP contribution in [0.2, 0.25) is 0 Å². The third-order valence-corrected chi connectivity index (χ3v) is 8.33. The van der Waals surface area contributed by atoms with Crippen molar-refractivity contribution < 1.29 is 14.6 Å². The molecule has 0 unspecified atom stereocenters. The minimum atomic E-state index is -0.459. The van der Waals surface area contributed by atoms with Gasteiger partial charge in [0.2, 0.25) is 5.95 Å². The van der Waals surface area contributed by atoms with E-state index in [1.54, 1.807) is 12.1 Å². The van der Waals surface area contributed by atoms with Gasteiger partial charge in [0.05, 0.1) is 17.4 Å². The number of phenols is 1. The summed E-state index contributed by atoms with van der Waals surface area (Å²) in [6, 6.07) is 9.46. The molecular formula is C31H40N8O3. The highest BCUT2D eigenvalue weighted by molar-refractivity contribution is 5.76. The Labute approximate surface area is 246 Å². The Morgan fingerprint density at radius 3 is 2.57 bits per heavy atom. The lowest BCUT2D eigenvalue weighted by molar-refractivity contribution is 0.0181. The van der Waals surface area contributed by atoms with Crippen LogP contribution in [0.15, 0.2) is 42.7 Å². The molecule has 11 nitrogen and oxygen atoms in total. The van der Waals surface area contributed by atoms with Gasteiger partial charge in [-0.2, -0.15) is 0 Å². The van der Waals surface area contributed by atoms with Gasteiger partial charge in [-0.15, -0.1) is 10.2 Å². The largest absolute Gasteiger partial charge is 0.507 e. The molecule has 0 radical (unpaired) electrons. The van der Waals surface area contributed by atoms with E-state index in [1.807, 2.05) is 56.3 Å². The molecule has 2 aromatic heterocycles. The lowest BCUT2D eigenvalue weighted by Crippen LogP contribution is -2.58. The van der Waals surface area contributed by atoms with Gasteiger partial charge in [0.1, 0.15) is 11.4 Å². The topological polar surface area (TPSA) is 120 Å². The second-order valence-electron chi connectivity index (χ2n) is 12.5. The lowest BCUT2D eigenvalue weighted by atomic mass is 9.91. The van der Waals surface area contributed by atoms with Gasteiger partial charge in [-0.25, -0.2) is 14.8 Å². The van der Waals surface area contributed by atoms with Gasteiger partial charge < -0.3 is 29.9 Å². The second-order valence-corrected chi connectivity index (χ2v) is 12.5. The van der Waals surface area contributed by atoms with Gasteiger partial charge in [-0.1, -0.05) is 12.1 Å². The first-order valence-electron chi connectivity index (χ1n) is 14.9. The number of fused-ring (bicyclic) bond motifs is 3. The van der Waals surface area contributed by atoms with Crippen LogP contribution in [0.1, 0.15) is 45.6 Å². The molecule has 1 aromatic carbocycles. The van der Waals surface area contributed by atoms with Gasteiger partial charge in [0.25, 0.3) is 0 Å². The monoisotopic (exact) mass is 572 g/mol. The molecule has 222 valence electrons. The number of phenolic OH excluding ortho intramolecular Hbond substituents is 1. The zero-order chi connectivity index (χ0) is 29.3. The van der Waals surface area contributed by atoms with E-state index in [0.717, 1.165) is 88.0 Å². The summed E-state index contributed by atoms with van der Waals surface area (Å²) < 4.78 is 5.52. The highest BCUT2D eigenvalue weighted by Crippen LogP contribution is 2.36. The molecule has 0 bridgehead atoms. The molecule has 42 heavy (non-hydrogen) atoms. The van der Waals surface area contributed by atoms with Crippen molar-refractivity contribution in [1.82, 2.24) is 25.1 Å². The molecule has 3 aromatic rings. The third-order valence-electron chi connectivity index (χ3n) is 8.33. The fourth-order valence-corrected chi connectivity index (χ4v) is 6.03. The van der Waals surface area contributed by atoms with Crippen LogP contribution in [-0.2, 0) is 11.2 Å². The van der Waals surface area contributed by atoms with Crippen molar-refractivity contribution in [2.24, 2.45) is 5.92 Å². The summed E-state index contributed by atoms with van der Waals surface area (Å²) in [6.07, 6.45) is 7.74. The molecular weight excluding hydrogens is 532 g/mol. The SMILES string of the molecule is CC(C)(C)OC(=O)N1CCC(CCc2cnc(N3CCN4c5cc(-c6ccccc6O)nnc5NC[C@@H]4C3)nc2)CC1. The fraction of sp³-hybridized carbons (Fsp3) is 0.516. The van der Waals surface area contributed by atoms with E-state index in [0.29, 0.717) is 17.2 Å². The number of anilines is 3. The molecule has 0 aliphatic carbocycles. The lowest BCUT2D eigenvalue weighted by Gasteiger charge is -2.45. The Morgan fingerprint density at radius 1 is 1.07 bits per heavy atom. The van der Waals surface area contributed by atoms with E-state index in [1.165, 1.54) is 0 Å². The van der Waals surface area contributed by atoms with E-state index < -0.39 is 5.60 Å². The summed E-state index contributed by atoms with van der Waals surface area (Å²) in [4.78, 5) is 28.3. The van der Waals surface area contributed by atoms with Crippen LogP contribution in [0.4, 0.5) is 22.2 Å². The summed E-state index contributed by atoms with van der Waals surface area (Å²) >= 11 is 0. The van der Waals surface area contributed by atoms with E-state index in [4.69, 9.17) is 14.7 Å². The minimum absolute atomic E-state index is 0.195. The second kappa shape index (κ2) is 11.6. The van der Waals surface area contributed by atoms with E-state index >= 15 is 0 Å². The number of likely N-dealkylation sites (tertiary alicyclic amines) is 1. The number of carbonyl (C=O) groups excluding carboxylic acids is 1. The van der Waals surface area contributed by atoms with E-state index in [9.17, 15) is 9.90 Å². The number of aromatic hydroxyl groups is 1. The molecule has 5 heterocycles. The molecule has 2 N–H and O–H groups in total. The van der Waals surface area contributed by atoms with Crippen LogP contribution in [-0.4, -0.2) is 87.2 Å². The van der Waals surface area contributed by atoms with Gasteiger partial charge in [0.15, 0.2) is 5.82 Å². The van der Waals surface area contributed by atoms with Gasteiger partial charge in [-0.05, 0) is 76.1 Å². The highest BCUT2D eigenvalue weighted by atomic mass is 16.6. The Bertz CT molecular complexity index is 1400. The number of amides is 1. The van der Waals surface area contributed by atoms with Crippen molar-refractivity contribution in [3.63, 3.8) is 0 Å². The number of benzene rings is 1. The number of piperidine rings is 1. The number of piperazine rings is 1. The number of nitrogens with one attached hydrogen (secondary N) is 1. The summed E-state index contributed by atoms with van der Waals surface area (Å²) in [7, 11) is 0. The van der Waals surface area contributed by atoms with Crippen molar-refractivity contribution in [1.29, 1.82) is 0 Å². The number of rotatable bonds is 5. The predicted octanol–water partition coefficient (Wildman–Crippen LogP) is 4.34. The quantitative estimate of drug-likeness (QED) is 0.457. The summed E-state index contributed by atoms with van der Waals surface area (Å²) in [5.74, 6) is 2.32. The normalized spacial score (nSPS) is 19.1. The Hall–Kier alpha value is -4.15. The van der Waals surface area contributed by atoms with Gasteiger partial charge in [0, 0.05) is 57.2 Å². The summed E-state index contributed by atoms with van der Waals surface area (Å²) in [5, 5.41) is 22.5. The van der Waals surface area contributed by atoms with Crippen LogP contribution in [0.3, 0.4) is 0 Å². The van der Waals surface area contributed by atoms with Crippen LogP contribution in [0.25, 0.3) is 11.3 Å². The Balaban J connectivity index is 1.02. The zero-order valence-electron chi connectivity index (χ0n) is 24.7.